The van der Waals surface area contributed by atoms with E-state index in [-0.39, 0.29) is 5.91 Å². The lowest BCUT2D eigenvalue weighted by molar-refractivity contribution is 0.0788. The van der Waals surface area contributed by atoms with Crippen LogP contribution in [0.5, 0.6) is 0 Å². The second-order valence-corrected chi connectivity index (χ2v) is 4.48. The zero-order valence-corrected chi connectivity index (χ0v) is 9.86. The molecule has 1 aliphatic rings. The van der Waals surface area contributed by atoms with Gasteiger partial charge in [-0.2, -0.15) is 0 Å². The monoisotopic (exact) mass is 218 g/mol. The van der Waals surface area contributed by atoms with Gasteiger partial charge in [0.1, 0.15) is 0 Å². The second kappa shape index (κ2) is 4.56. The number of nitrogens with zero attached hydrogens (tertiary/aromatic N) is 1. The van der Waals surface area contributed by atoms with Crippen molar-refractivity contribution in [1.29, 1.82) is 0 Å². The van der Waals surface area contributed by atoms with Gasteiger partial charge in [0.25, 0.3) is 5.91 Å². The van der Waals surface area contributed by atoms with Gasteiger partial charge in [-0.1, -0.05) is 13.0 Å². The number of carbonyl (C=O) groups excluding carboxylic acids is 1. The Kier molecular flexibility index (Phi) is 3.13. The van der Waals surface area contributed by atoms with Crippen LogP contribution in [-0.2, 0) is 0 Å². The van der Waals surface area contributed by atoms with Crippen molar-refractivity contribution >= 4 is 11.6 Å². The van der Waals surface area contributed by atoms with E-state index in [1.807, 2.05) is 36.2 Å². The fraction of sp³-hybridized carbons (Fsp3) is 0.462. The summed E-state index contributed by atoms with van der Waals surface area (Å²) in [6, 6.07) is 7.67. The zero-order valence-electron chi connectivity index (χ0n) is 9.86. The first-order valence-corrected chi connectivity index (χ1v) is 5.78. The summed E-state index contributed by atoms with van der Waals surface area (Å²) in [6.45, 7) is 3.98. The molecule has 3 nitrogen and oxygen atoms in total. The molecule has 0 spiro atoms. The van der Waals surface area contributed by atoms with Crippen LogP contribution >= 0.6 is 0 Å². The van der Waals surface area contributed by atoms with Crippen molar-refractivity contribution in [1.82, 2.24) is 4.90 Å². The van der Waals surface area contributed by atoms with Crippen LogP contribution in [0.25, 0.3) is 0 Å². The van der Waals surface area contributed by atoms with E-state index in [4.69, 9.17) is 0 Å². The number of benzene rings is 1. The summed E-state index contributed by atoms with van der Waals surface area (Å²) in [5.41, 5.74) is 1.76. The average Bonchev–Trinajstić information content (AvgIpc) is 2.75. The average molecular weight is 218 g/mol. The Morgan fingerprint density at radius 3 is 2.94 bits per heavy atom. The fourth-order valence-electron chi connectivity index (χ4n) is 2.11. The third-order valence-electron chi connectivity index (χ3n) is 3.11. The lowest BCUT2D eigenvalue weighted by atomic mass is 10.1. The minimum Gasteiger partial charge on any atom is -0.388 e. The van der Waals surface area contributed by atoms with Crippen molar-refractivity contribution in [3.63, 3.8) is 0 Å². The van der Waals surface area contributed by atoms with Crippen LogP contribution in [-0.4, -0.2) is 30.9 Å². The van der Waals surface area contributed by atoms with Crippen molar-refractivity contribution in [3.8, 4) is 0 Å². The molecule has 16 heavy (non-hydrogen) atoms. The Bertz CT molecular complexity index is 389. The first-order valence-electron chi connectivity index (χ1n) is 5.78. The van der Waals surface area contributed by atoms with Gasteiger partial charge < -0.3 is 10.2 Å². The molecule has 1 amide bonds. The molecule has 0 radical (unpaired) electrons. The van der Waals surface area contributed by atoms with Gasteiger partial charge in [-0.15, -0.1) is 0 Å². The molecule has 0 aliphatic carbocycles. The van der Waals surface area contributed by atoms with E-state index in [0.29, 0.717) is 5.92 Å². The number of hydrogen-bond donors (Lipinski definition) is 1. The van der Waals surface area contributed by atoms with Crippen molar-refractivity contribution < 1.29 is 4.79 Å². The topological polar surface area (TPSA) is 32.3 Å². The first-order chi connectivity index (χ1) is 7.70. The second-order valence-electron chi connectivity index (χ2n) is 4.48. The summed E-state index contributed by atoms with van der Waals surface area (Å²) >= 11 is 0. The number of carbonyl (C=O) groups is 1. The molecule has 1 unspecified atom stereocenters. The van der Waals surface area contributed by atoms with E-state index in [0.717, 1.165) is 30.8 Å². The molecule has 1 atom stereocenters. The van der Waals surface area contributed by atoms with E-state index in [2.05, 4.69) is 12.2 Å². The van der Waals surface area contributed by atoms with Crippen LogP contribution in [0, 0.1) is 5.92 Å². The van der Waals surface area contributed by atoms with Gasteiger partial charge in [0.2, 0.25) is 0 Å². The van der Waals surface area contributed by atoms with Gasteiger partial charge >= 0.3 is 0 Å². The molecule has 3 heteroatoms. The Morgan fingerprint density at radius 1 is 1.50 bits per heavy atom. The van der Waals surface area contributed by atoms with Gasteiger partial charge in [-0.25, -0.2) is 0 Å². The van der Waals surface area contributed by atoms with Crippen molar-refractivity contribution in [3.05, 3.63) is 29.8 Å². The highest BCUT2D eigenvalue weighted by Crippen LogP contribution is 2.19. The Morgan fingerprint density at radius 2 is 2.31 bits per heavy atom. The maximum Gasteiger partial charge on any atom is 0.253 e. The fourth-order valence-corrected chi connectivity index (χ4v) is 2.11. The predicted octanol–water partition coefficient (Wildman–Crippen LogP) is 2.21. The first kappa shape index (κ1) is 11.0. The summed E-state index contributed by atoms with van der Waals surface area (Å²) in [5.74, 6) is 0.790. The molecule has 1 aromatic rings. The molecule has 1 fully saturated rings. The SMILES string of the molecule is CNc1cccc(C(=O)N2CCC(C)C2)c1. The smallest absolute Gasteiger partial charge is 0.253 e. The molecule has 1 N–H and O–H groups in total. The molecule has 0 saturated carbocycles. The third kappa shape index (κ3) is 2.18. The third-order valence-corrected chi connectivity index (χ3v) is 3.11. The van der Waals surface area contributed by atoms with Crippen LogP contribution in [0.15, 0.2) is 24.3 Å². The van der Waals surface area contributed by atoms with E-state index < -0.39 is 0 Å². The molecule has 2 rings (SSSR count). The van der Waals surface area contributed by atoms with Crippen molar-refractivity contribution in [2.75, 3.05) is 25.5 Å². The standard InChI is InChI=1S/C13H18N2O/c1-10-6-7-15(9-10)13(16)11-4-3-5-12(8-11)14-2/h3-5,8,10,14H,6-7,9H2,1-2H3. The minimum atomic E-state index is 0.154. The normalized spacial score (nSPS) is 19.9. The van der Waals surface area contributed by atoms with Gasteiger partial charge in [0.05, 0.1) is 0 Å². The Hall–Kier alpha value is -1.51. The number of likely N-dealkylation sites (tertiary alicyclic amines) is 1. The summed E-state index contributed by atoms with van der Waals surface area (Å²) in [4.78, 5) is 14.1. The highest BCUT2D eigenvalue weighted by Gasteiger charge is 2.23. The molecule has 1 saturated heterocycles. The van der Waals surface area contributed by atoms with E-state index in [9.17, 15) is 4.79 Å². The van der Waals surface area contributed by atoms with E-state index >= 15 is 0 Å². The lowest BCUT2D eigenvalue weighted by Crippen LogP contribution is -2.28. The molecule has 1 heterocycles. The van der Waals surface area contributed by atoms with Gasteiger partial charge in [0.15, 0.2) is 0 Å². The summed E-state index contributed by atoms with van der Waals surface area (Å²) in [5, 5.41) is 3.05. The molecule has 86 valence electrons. The number of nitrogens with one attached hydrogen (secondary N) is 1. The van der Waals surface area contributed by atoms with E-state index in [1.54, 1.807) is 0 Å². The van der Waals surface area contributed by atoms with Crippen LogP contribution in [0.2, 0.25) is 0 Å². The maximum absolute atomic E-state index is 12.2. The Balaban J connectivity index is 2.14. The number of hydrogen-bond acceptors (Lipinski definition) is 2. The molecule has 0 bridgehead atoms. The molecule has 1 aromatic carbocycles. The summed E-state index contributed by atoms with van der Waals surface area (Å²) < 4.78 is 0. The van der Waals surface area contributed by atoms with Gasteiger partial charge in [-0.3, -0.25) is 4.79 Å². The van der Waals surface area contributed by atoms with Crippen LogP contribution in [0.4, 0.5) is 5.69 Å². The highest BCUT2D eigenvalue weighted by atomic mass is 16.2. The maximum atomic E-state index is 12.2. The number of amides is 1. The molecular weight excluding hydrogens is 200 g/mol. The molecular formula is C13H18N2O. The van der Waals surface area contributed by atoms with Crippen LogP contribution < -0.4 is 5.32 Å². The lowest BCUT2D eigenvalue weighted by Gasteiger charge is -2.16. The highest BCUT2D eigenvalue weighted by molar-refractivity contribution is 5.95. The van der Waals surface area contributed by atoms with Crippen molar-refractivity contribution in [2.24, 2.45) is 5.92 Å². The quantitative estimate of drug-likeness (QED) is 0.825. The molecule has 0 aromatic heterocycles. The molecule has 1 aliphatic heterocycles. The minimum absolute atomic E-state index is 0.154. The number of rotatable bonds is 2. The largest absolute Gasteiger partial charge is 0.388 e. The zero-order chi connectivity index (χ0) is 11.5. The van der Waals surface area contributed by atoms with E-state index in [1.165, 1.54) is 0 Å². The number of anilines is 1. The summed E-state index contributed by atoms with van der Waals surface area (Å²) in [6.07, 6.45) is 1.12. The van der Waals surface area contributed by atoms with Crippen LogP contribution in [0.1, 0.15) is 23.7 Å². The summed E-state index contributed by atoms with van der Waals surface area (Å²) in [7, 11) is 1.86. The van der Waals surface area contributed by atoms with Crippen molar-refractivity contribution in [2.45, 2.75) is 13.3 Å². The van der Waals surface area contributed by atoms with Crippen LogP contribution in [0.3, 0.4) is 0 Å². The van der Waals surface area contributed by atoms with Gasteiger partial charge in [0, 0.05) is 31.4 Å². The Labute approximate surface area is 96.5 Å². The van der Waals surface area contributed by atoms with Gasteiger partial charge in [-0.05, 0) is 30.5 Å². The predicted molar refractivity (Wildman–Crippen MR) is 65.7 cm³/mol.